The van der Waals surface area contributed by atoms with Gasteiger partial charge in [-0.1, -0.05) is 30.3 Å². The van der Waals surface area contributed by atoms with E-state index in [0.717, 1.165) is 18.4 Å². The van der Waals surface area contributed by atoms with Gasteiger partial charge in [0.05, 0.1) is 23.3 Å². The van der Waals surface area contributed by atoms with Gasteiger partial charge in [0.1, 0.15) is 0 Å². The van der Waals surface area contributed by atoms with E-state index < -0.39 is 9.84 Å². The van der Waals surface area contributed by atoms with Crippen LogP contribution in [0.2, 0.25) is 0 Å². The van der Waals surface area contributed by atoms with Crippen LogP contribution in [-0.4, -0.2) is 45.2 Å². The van der Waals surface area contributed by atoms with Crippen LogP contribution in [0.1, 0.15) is 34.8 Å². The van der Waals surface area contributed by atoms with Gasteiger partial charge >= 0.3 is 0 Å². The van der Waals surface area contributed by atoms with Gasteiger partial charge in [-0.2, -0.15) is 0 Å². The van der Waals surface area contributed by atoms with Crippen molar-refractivity contribution in [1.29, 1.82) is 0 Å². The lowest BCUT2D eigenvalue weighted by Crippen LogP contribution is -2.30. The second kappa shape index (κ2) is 8.01. The van der Waals surface area contributed by atoms with Gasteiger partial charge in [-0.3, -0.25) is 4.79 Å². The highest BCUT2D eigenvalue weighted by Gasteiger charge is 2.30. The molecule has 0 aromatic heterocycles. The van der Waals surface area contributed by atoms with E-state index in [4.69, 9.17) is 4.74 Å². The zero-order valence-corrected chi connectivity index (χ0v) is 15.6. The van der Waals surface area contributed by atoms with Crippen LogP contribution in [0.3, 0.4) is 0 Å². The van der Waals surface area contributed by atoms with Crippen molar-refractivity contribution in [3.63, 3.8) is 0 Å². The Balaban J connectivity index is 1.78. The van der Waals surface area contributed by atoms with Crippen LogP contribution < -0.4 is 0 Å². The summed E-state index contributed by atoms with van der Waals surface area (Å²) in [7, 11) is -1.92. The molecule has 5 nitrogen and oxygen atoms in total. The molecule has 2 aromatic rings. The minimum Gasteiger partial charge on any atom is -0.384 e. The number of ether oxygens (including phenoxy) is 1. The van der Waals surface area contributed by atoms with Gasteiger partial charge in [0.15, 0.2) is 9.84 Å². The summed E-state index contributed by atoms with van der Waals surface area (Å²) in [5, 5.41) is 0. The summed E-state index contributed by atoms with van der Waals surface area (Å²) in [6, 6.07) is 16.3. The third kappa shape index (κ3) is 3.97. The van der Waals surface area contributed by atoms with E-state index in [1.165, 1.54) is 19.2 Å². The Morgan fingerprint density at radius 1 is 1.12 bits per heavy atom. The fraction of sp³-hybridized carbons (Fsp3) is 0.350. The number of rotatable bonds is 6. The Bertz CT molecular complexity index is 847. The van der Waals surface area contributed by atoms with Gasteiger partial charge in [0.25, 0.3) is 5.91 Å². The predicted octanol–water partition coefficient (Wildman–Crippen LogP) is 3.08. The van der Waals surface area contributed by atoms with Crippen LogP contribution in [0.15, 0.2) is 59.5 Å². The Kier molecular flexibility index (Phi) is 5.74. The van der Waals surface area contributed by atoms with E-state index in [1.54, 1.807) is 12.1 Å². The molecule has 1 aliphatic rings. The SMILES string of the molecule is COCCS(=O)(=O)c1ccc(C(=O)N2CCCC2c2ccccc2)cc1. The highest BCUT2D eigenvalue weighted by atomic mass is 32.2. The Labute approximate surface area is 154 Å². The second-order valence-electron chi connectivity index (χ2n) is 6.40. The van der Waals surface area contributed by atoms with Crippen molar-refractivity contribution in [1.82, 2.24) is 4.90 Å². The monoisotopic (exact) mass is 373 g/mol. The van der Waals surface area contributed by atoms with E-state index in [9.17, 15) is 13.2 Å². The summed E-state index contributed by atoms with van der Waals surface area (Å²) >= 11 is 0. The summed E-state index contributed by atoms with van der Waals surface area (Å²) in [6.45, 7) is 0.863. The van der Waals surface area contributed by atoms with Crippen molar-refractivity contribution < 1.29 is 17.9 Å². The van der Waals surface area contributed by atoms with E-state index in [2.05, 4.69) is 0 Å². The molecule has 6 heteroatoms. The molecule has 1 atom stereocenters. The molecule has 0 N–H and O–H groups in total. The summed E-state index contributed by atoms with van der Waals surface area (Å²) in [4.78, 5) is 15.0. The van der Waals surface area contributed by atoms with Crippen molar-refractivity contribution >= 4 is 15.7 Å². The number of amides is 1. The average Bonchev–Trinajstić information content (AvgIpc) is 3.16. The summed E-state index contributed by atoms with van der Waals surface area (Å²) < 4.78 is 29.2. The van der Waals surface area contributed by atoms with Gasteiger partial charge in [0, 0.05) is 19.2 Å². The fourth-order valence-electron chi connectivity index (χ4n) is 3.31. The molecule has 26 heavy (non-hydrogen) atoms. The first-order valence-electron chi connectivity index (χ1n) is 8.70. The molecule has 0 radical (unpaired) electrons. The van der Waals surface area contributed by atoms with Crippen LogP contribution in [0, 0.1) is 0 Å². The van der Waals surface area contributed by atoms with Gasteiger partial charge in [-0.25, -0.2) is 8.42 Å². The molecule has 3 rings (SSSR count). The number of methoxy groups -OCH3 is 1. The standard InChI is InChI=1S/C20H23NO4S/c1-25-14-15-26(23,24)18-11-9-17(10-12-18)20(22)21-13-5-8-19(21)16-6-3-2-4-7-16/h2-4,6-7,9-12,19H,5,8,13-15H2,1H3. The van der Waals surface area contributed by atoms with Gasteiger partial charge in [-0.15, -0.1) is 0 Å². The minimum atomic E-state index is -3.39. The van der Waals surface area contributed by atoms with Crippen LogP contribution in [0.25, 0.3) is 0 Å². The first kappa shape index (κ1) is 18.6. The number of hydrogen-bond donors (Lipinski definition) is 0. The molecule has 0 aliphatic carbocycles. The lowest BCUT2D eigenvalue weighted by molar-refractivity contribution is 0.0735. The molecular formula is C20H23NO4S. The minimum absolute atomic E-state index is 0.0582. The molecular weight excluding hydrogens is 350 g/mol. The second-order valence-corrected chi connectivity index (χ2v) is 8.51. The zero-order valence-electron chi connectivity index (χ0n) is 14.8. The third-order valence-corrected chi connectivity index (χ3v) is 6.41. The number of likely N-dealkylation sites (tertiary alicyclic amines) is 1. The summed E-state index contributed by atoms with van der Waals surface area (Å²) in [5.41, 5.74) is 1.65. The van der Waals surface area contributed by atoms with E-state index >= 15 is 0 Å². The molecule has 1 unspecified atom stereocenters. The summed E-state index contributed by atoms with van der Waals surface area (Å²) in [5.74, 6) is -0.129. The highest BCUT2D eigenvalue weighted by Crippen LogP contribution is 2.33. The molecule has 1 fully saturated rings. The first-order valence-corrected chi connectivity index (χ1v) is 10.4. The third-order valence-electron chi connectivity index (χ3n) is 4.71. The van der Waals surface area contributed by atoms with E-state index in [1.807, 2.05) is 35.2 Å². The number of benzene rings is 2. The predicted molar refractivity (Wildman–Crippen MR) is 99.8 cm³/mol. The van der Waals surface area contributed by atoms with Crippen molar-refractivity contribution in [2.75, 3.05) is 26.0 Å². The lowest BCUT2D eigenvalue weighted by Gasteiger charge is -2.25. The molecule has 138 valence electrons. The molecule has 1 aliphatic heterocycles. The number of carbonyl (C=O) groups excluding carboxylic acids is 1. The maximum absolute atomic E-state index is 12.9. The first-order chi connectivity index (χ1) is 12.5. The van der Waals surface area contributed by atoms with Gasteiger partial charge < -0.3 is 9.64 Å². The van der Waals surface area contributed by atoms with Crippen molar-refractivity contribution in [3.8, 4) is 0 Å². The van der Waals surface area contributed by atoms with Crippen LogP contribution >= 0.6 is 0 Å². The van der Waals surface area contributed by atoms with Crippen LogP contribution in [-0.2, 0) is 14.6 Å². The number of sulfone groups is 1. The van der Waals surface area contributed by atoms with Crippen LogP contribution in [0.4, 0.5) is 0 Å². The Morgan fingerprint density at radius 2 is 1.81 bits per heavy atom. The van der Waals surface area contributed by atoms with E-state index in [0.29, 0.717) is 12.1 Å². The maximum atomic E-state index is 12.9. The number of nitrogens with zero attached hydrogens (tertiary/aromatic N) is 1. The van der Waals surface area contributed by atoms with Crippen molar-refractivity contribution in [2.45, 2.75) is 23.8 Å². The largest absolute Gasteiger partial charge is 0.384 e. The molecule has 2 aromatic carbocycles. The summed E-state index contributed by atoms with van der Waals surface area (Å²) in [6.07, 6.45) is 1.91. The number of hydrogen-bond acceptors (Lipinski definition) is 4. The van der Waals surface area contributed by atoms with E-state index in [-0.39, 0.29) is 29.2 Å². The molecule has 0 saturated carbocycles. The maximum Gasteiger partial charge on any atom is 0.254 e. The Morgan fingerprint density at radius 3 is 2.46 bits per heavy atom. The molecule has 1 amide bonds. The van der Waals surface area contributed by atoms with Crippen molar-refractivity contribution in [3.05, 3.63) is 65.7 Å². The molecule has 0 bridgehead atoms. The number of carbonyl (C=O) groups is 1. The topological polar surface area (TPSA) is 63.7 Å². The molecule has 0 spiro atoms. The highest BCUT2D eigenvalue weighted by molar-refractivity contribution is 7.91. The smallest absolute Gasteiger partial charge is 0.254 e. The molecule has 1 saturated heterocycles. The van der Waals surface area contributed by atoms with Crippen molar-refractivity contribution in [2.24, 2.45) is 0 Å². The average molecular weight is 373 g/mol. The quantitative estimate of drug-likeness (QED) is 0.781. The lowest BCUT2D eigenvalue weighted by atomic mass is 10.0. The van der Waals surface area contributed by atoms with Gasteiger partial charge in [0.2, 0.25) is 0 Å². The Hall–Kier alpha value is -2.18. The van der Waals surface area contributed by atoms with Crippen LogP contribution in [0.5, 0.6) is 0 Å². The van der Waals surface area contributed by atoms with Gasteiger partial charge in [-0.05, 0) is 42.7 Å². The fourth-order valence-corrected chi connectivity index (χ4v) is 4.49. The normalized spacial score (nSPS) is 17.4. The zero-order chi connectivity index (χ0) is 18.6. The molecule has 1 heterocycles.